The number of rotatable bonds is 5. The van der Waals surface area contributed by atoms with E-state index in [0.29, 0.717) is 28.0 Å². The molecule has 1 atom stereocenters. The summed E-state index contributed by atoms with van der Waals surface area (Å²) in [6.07, 6.45) is -0.720. The number of halogens is 4. The van der Waals surface area contributed by atoms with E-state index in [2.05, 4.69) is 10.3 Å². The van der Waals surface area contributed by atoms with Crippen LogP contribution in [0.2, 0.25) is 0 Å². The molecule has 10 heteroatoms. The van der Waals surface area contributed by atoms with E-state index in [4.69, 9.17) is 0 Å². The van der Waals surface area contributed by atoms with Crippen LogP contribution in [0.25, 0.3) is 22.2 Å². The van der Waals surface area contributed by atoms with Gasteiger partial charge in [0.15, 0.2) is 0 Å². The fourth-order valence-corrected chi connectivity index (χ4v) is 5.02. The van der Waals surface area contributed by atoms with Gasteiger partial charge in [0, 0.05) is 12.0 Å². The normalized spacial score (nSPS) is 20.5. The Bertz CT molecular complexity index is 1260. The number of hydrogen-bond donors (Lipinski definition) is 2. The van der Waals surface area contributed by atoms with E-state index in [9.17, 15) is 27.2 Å². The van der Waals surface area contributed by atoms with Gasteiger partial charge in [0.2, 0.25) is 11.9 Å². The number of nitrogens with zero attached hydrogens (tertiary/aromatic N) is 2. The molecule has 1 aliphatic carbocycles. The highest BCUT2D eigenvalue weighted by Crippen LogP contribution is 2.45. The first kappa shape index (κ1) is 22.4. The Morgan fingerprint density at radius 1 is 1.15 bits per heavy atom. The van der Waals surface area contributed by atoms with Crippen molar-refractivity contribution in [2.75, 3.05) is 5.32 Å². The molecule has 2 heterocycles. The highest BCUT2D eigenvalue weighted by Gasteiger charge is 2.67. The number of alkyl halides is 3. The van der Waals surface area contributed by atoms with E-state index in [0.717, 1.165) is 25.7 Å². The van der Waals surface area contributed by atoms with E-state index in [1.807, 2.05) is 5.32 Å². The number of amides is 2. The van der Waals surface area contributed by atoms with Gasteiger partial charge in [-0.25, -0.2) is 9.37 Å². The fraction of sp³-hybridized carbons (Fsp3) is 0.375. The van der Waals surface area contributed by atoms with Crippen molar-refractivity contribution in [1.29, 1.82) is 0 Å². The lowest BCUT2D eigenvalue weighted by atomic mass is 10.0. The second kappa shape index (κ2) is 8.11. The second-order valence-electron chi connectivity index (χ2n) is 8.85. The summed E-state index contributed by atoms with van der Waals surface area (Å²) in [6.45, 7) is 0. The van der Waals surface area contributed by atoms with Crippen LogP contribution in [0.4, 0.5) is 23.5 Å². The first-order chi connectivity index (χ1) is 16.2. The van der Waals surface area contributed by atoms with Crippen LogP contribution in [0, 0.1) is 11.7 Å². The van der Waals surface area contributed by atoms with E-state index >= 15 is 0 Å². The number of aromatic nitrogens is 2. The van der Waals surface area contributed by atoms with Gasteiger partial charge in [0.25, 0.3) is 11.6 Å². The maximum atomic E-state index is 14.6. The standard InChI is InChI=1S/C24H22F4N4O2/c25-16-11-9-15(10-12-16)17-6-3-7-18-20(17)29-22-30-21(34)23(32(18)22,24(26,27)28)31-19(33)13-8-14-4-1-2-5-14/h3,6-7,9-12,14H,1-2,4-5,8,13H2,(H,31,33)(H,29,30,34). The van der Waals surface area contributed by atoms with Gasteiger partial charge in [-0.1, -0.05) is 49.9 Å². The molecular formula is C24H22F4N4O2. The Hall–Kier alpha value is -3.43. The summed E-state index contributed by atoms with van der Waals surface area (Å²) in [6, 6.07) is 10.1. The predicted octanol–water partition coefficient (Wildman–Crippen LogP) is 5.10. The summed E-state index contributed by atoms with van der Waals surface area (Å²) in [4.78, 5) is 29.7. The molecule has 3 aromatic rings. The third kappa shape index (κ3) is 3.52. The zero-order valence-corrected chi connectivity index (χ0v) is 18.1. The first-order valence-corrected chi connectivity index (χ1v) is 11.2. The third-order valence-corrected chi connectivity index (χ3v) is 6.71. The largest absolute Gasteiger partial charge is 0.440 e. The number of hydrogen-bond acceptors (Lipinski definition) is 3. The molecule has 2 aliphatic rings. The Kier molecular flexibility index (Phi) is 5.33. The SMILES string of the molecule is O=C(CCC1CCCC1)NC1(C(F)(F)F)C(=O)Nc2nc3c(-c4ccc(F)cc4)cccc3n21. The molecule has 5 rings (SSSR count). The lowest BCUT2D eigenvalue weighted by Crippen LogP contribution is -2.63. The van der Waals surface area contributed by atoms with E-state index < -0.39 is 29.5 Å². The topological polar surface area (TPSA) is 76.0 Å². The lowest BCUT2D eigenvalue weighted by molar-refractivity contribution is -0.217. The van der Waals surface area contributed by atoms with E-state index in [1.165, 1.54) is 36.4 Å². The molecule has 178 valence electrons. The molecule has 1 aliphatic heterocycles. The quantitative estimate of drug-likeness (QED) is 0.506. The van der Waals surface area contributed by atoms with Crippen LogP contribution in [0.1, 0.15) is 38.5 Å². The summed E-state index contributed by atoms with van der Waals surface area (Å²) in [5.41, 5.74) is -2.09. The molecule has 2 amide bonds. The second-order valence-corrected chi connectivity index (χ2v) is 8.85. The molecule has 1 saturated carbocycles. The minimum Gasteiger partial charge on any atom is -0.317 e. The number of anilines is 1. The molecule has 34 heavy (non-hydrogen) atoms. The molecule has 2 N–H and O–H groups in total. The highest BCUT2D eigenvalue weighted by atomic mass is 19.4. The van der Waals surface area contributed by atoms with Crippen LogP contribution in [0.15, 0.2) is 42.5 Å². The predicted molar refractivity (Wildman–Crippen MR) is 117 cm³/mol. The summed E-state index contributed by atoms with van der Waals surface area (Å²) >= 11 is 0. The first-order valence-electron chi connectivity index (χ1n) is 11.2. The molecule has 1 aromatic heterocycles. The zero-order valence-electron chi connectivity index (χ0n) is 18.1. The summed E-state index contributed by atoms with van der Waals surface area (Å²) < 4.78 is 57.8. The summed E-state index contributed by atoms with van der Waals surface area (Å²) in [5, 5.41) is 4.20. The smallest absolute Gasteiger partial charge is 0.317 e. The number of para-hydroxylation sites is 1. The van der Waals surface area contributed by atoms with Crippen molar-refractivity contribution >= 4 is 28.8 Å². The lowest BCUT2D eigenvalue weighted by Gasteiger charge is -2.32. The van der Waals surface area contributed by atoms with Gasteiger partial charge in [-0.05, 0) is 36.1 Å². The molecule has 6 nitrogen and oxygen atoms in total. The van der Waals surface area contributed by atoms with Crippen molar-refractivity contribution < 1.29 is 27.2 Å². The number of nitrogens with one attached hydrogen (secondary N) is 2. The molecule has 2 aromatic carbocycles. The Morgan fingerprint density at radius 3 is 2.53 bits per heavy atom. The van der Waals surface area contributed by atoms with Crippen LogP contribution in [-0.2, 0) is 15.3 Å². The monoisotopic (exact) mass is 474 g/mol. The van der Waals surface area contributed by atoms with Crippen molar-refractivity contribution in [2.45, 2.75) is 50.4 Å². The number of benzene rings is 2. The van der Waals surface area contributed by atoms with Gasteiger partial charge in [0.1, 0.15) is 5.82 Å². The van der Waals surface area contributed by atoms with Crippen molar-refractivity contribution in [1.82, 2.24) is 14.9 Å². The van der Waals surface area contributed by atoms with Crippen LogP contribution >= 0.6 is 0 Å². The Morgan fingerprint density at radius 2 is 1.85 bits per heavy atom. The van der Waals surface area contributed by atoms with Crippen molar-refractivity contribution in [2.24, 2.45) is 5.92 Å². The zero-order chi connectivity index (χ0) is 24.1. The molecule has 0 bridgehead atoms. The Labute approximate surface area is 192 Å². The average Bonchev–Trinajstić information content (AvgIpc) is 3.49. The van der Waals surface area contributed by atoms with Crippen LogP contribution in [0.5, 0.6) is 0 Å². The molecule has 0 spiro atoms. The van der Waals surface area contributed by atoms with E-state index in [-0.39, 0.29) is 23.4 Å². The molecule has 0 saturated heterocycles. The number of imidazole rings is 1. The summed E-state index contributed by atoms with van der Waals surface area (Å²) in [7, 11) is 0. The molecular weight excluding hydrogens is 452 g/mol. The summed E-state index contributed by atoms with van der Waals surface area (Å²) in [5.74, 6) is -2.71. The van der Waals surface area contributed by atoms with Crippen LogP contribution in [0.3, 0.4) is 0 Å². The number of carbonyl (C=O) groups is 2. The third-order valence-electron chi connectivity index (χ3n) is 6.71. The highest BCUT2D eigenvalue weighted by molar-refractivity contribution is 6.06. The maximum absolute atomic E-state index is 14.6. The fourth-order valence-electron chi connectivity index (χ4n) is 5.02. The maximum Gasteiger partial charge on any atom is 0.440 e. The number of carbonyl (C=O) groups excluding carboxylic acids is 2. The van der Waals surface area contributed by atoms with Gasteiger partial charge in [-0.3, -0.25) is 19.5 Å². The minimum absolute atomic E-state index is 0.0172. The van der Waals surface area contributed by atoms with E-state index in [1.54, 1.807) is 6.07 Å². The molecule has 1 unspecified atom stereocenters. The van der Waals surface area contributed by atoms with Gasteiger partial charge in [-0.15, -0.1) is 0 Å². The van der Waals surface area contributed by atoms with Gasteiger partial charge >= 0.3 is 6.18 Å². The van der Waals surface area contributed by atoms with Crippen molar-refractivity contribution in [3.63, 3.8) is 0 Å². The number of fused-ring (bicyclic) bond motifs is 3. The average molecular weight is 474 g/mol. The molecule has 1 fully saturated rings. The Balaban J connectivity index is 1.57. The van der Waals surface area contributed by atoms with Gasteiger partial charge in [0.05, 0.1) is 11.0 Å². The minimum atomic E-state index is -5.13. The molecule has 0 radical (unpaired) electrons. The van der Waals surface area contributed by atoms with Crippen molar-refractivity contribution in [3.05, 3.63) is 48.3 Å². The van der Waals surface area contributed by atoms with Gasteiger partial charge < -0.3 is 5.32 Å². The van der Waals surface area contributed by atoms with Gasteiger partial charge in [-0.2, -0.15) is 13.2 Å². The van der Waals surface area contributed by atoms with Crippen LogP contribution < -0.4 is 10.6 Å². The van der Waals surface area contributed by atoms with Crippen molar-refractivity contribution in [3.8, 4) is 11.1 Å². The van der Waals surface area contributed by atoms with Crippen LogP contribution in [-0.4, -0.2) is 27.5 Å².